The maximum Gasteiger partial charge on any atom is 0.243 e. The van der Waals surface area contributed by atoms with Gasteiger partial charge in [-0.2, -0.15) is 4.31 Å². The highest BCUT2D eigenvalue weighted by molar-refractivity contribution is 7.89. The standard InChI is InChI=1S/C17H20N2O2S/c1-15-6-5-9-17(14-15)22(20,21)19-12-10-18(11-13-19)16-7-3-2-4-8-16/h2-9,14H,10-13H2,1H3. The molecule has 0 unspecified atom stereocenters. The summed E-state index contributed by atoms with van der Waals surface area (Å²) in [5, 5.41) is 0. The monoisotopic (exact) mass is 316 g/mol. The lowest BCUT2D eigenvalue weighted by molar-refractivity contribution is 0.385. The lowest BCUT2D eigenvalue weighted by Gasteiger charge is -2.35. The minimum absolute atomic E-state index is 0.390. The van der Waals surface area contributed by atoms with Crippen LogP contribution in [0.5, 0.6) is 0 Å². The van der Waals surface area contributed by atoms with Gasteiger partial charge in [0, 0.05) is 31.9 Å². The van der Waals surface area contributed by atoms with E-state index < -0.39 is 10.0 Å². The summed E-state index contributed by atoms with van der Waals surface area (Å²) >= 11 is 0. The normalized spacial score (nSPS) is 16.7. The number of piperazine rings is 1. The summed E-state index contributed by atoms with van der Waals surface area (Å²) in [6, 6.07) is 17.2. The maximum atomic E-state index is 12.7. The van der Waals surface area contributed by atoms with Gasteiger partial charge in [-0.1, -0.05) is 30.3 Å². The van der Waals surface area contributed by atoms with E-state index in [0.29, 0.717) is 18.0 Å². The van der Waals surface area contributed by atoms with Crippen molar-refractivity contribution in [2.75, 3.05) is 31.1 Å². The summed E-state index contributed by atoms with van der Waals surface area (Å²) < 4.78 is 27.0. The molecule has 3 rings (SSSR count). The van der Waals surface area contributed by atoms with Gasteiger partial charge in [0.1, 0.15) is 0 Å². The van der Waals surface area contributed by atoms with Crippen LogP contribution in [0.1, 0.15) is 5.56 Å². The predicted octanol–water partition coefficient (Wildman–Crippen LogP) is 2.51. The van der Waals surface area contributed by atoms with Crippen LogP contribution < -0.4 is 4.90 Å². The van der Waals surface area contributed by atoms with Crippen molar-refractivity contribution in [3.8, 4) is 0 Å². The van der Waals surface area contributed by atoms with Crippen molar-refractivity contribution in [3.05, 3.63) is 60.2 Å². The zero-order valence-corrected chi connectivity index (χ0v) is 13.5. The zero-order chi connectivity index (χ0) is 15.6. The van der Waals surface area contributed by atoms with Crippen molar-refractivity contribution in [2.24, 2.45) is 0 Å². The molecule has 0 bridgehead atoms. The van der Waals surface area contributed by atoms with Gasteiger partial charge in [0.05, 0.1) is 4.90 Å². The molecule has 0 saturated carbocycles. The van der Waals surface area contributed by atoms with Gasteiger partial charge in [-0.3, -0.25) is 0 Å². The van der Waals surface area contributed by atoms with Crippen LogP contribution in [-0.2, 0) is 10.0 Å². The zero-order valence-electron chi connectivity index (χ0n) is 12.6. The van der Waals surface area contributed by atoms with Gasteiger partial charge in [-0.25, -0.2) is 8.42 Å². The van der Waals surface area contributed by atoms with Crippen LogP contribution in [0.15, 0.2) is 59.5 Å². The molecule has 0 spiro atoms. The minimum Gasteiger partial charge on any atom is -0.369 e. The van der Waals surface area contributed by atoms with Gasteiger partial charge < -0.3 is 4.90 Å². The van der Waals surface area contributed by atoms with Gasteiger partial charge in [-0.05, 0) is 36.8 Å². The number of para-hydroxylation sites is 1. The topological polar surface area (TPSA) is 40.6 Å². The quantitative estimate of drug-likeness (QED) is 0.873. The van der Waals surface area contributed by atoms with E-state index in [1.165, 1.54) is 0 Å². The largest absolute Gasteiger partial charge is 0.369 e. The number of hydrogen-bond acceptors (Lipinski definition) is 3. The second kappa shape index (κ2) is 6.10. The van der Waals surface area contributed by atoms with Crippen LogP contribution >= 0.6 is 0 Å². The van der Waals surface area contributed by atoms with Crippen LogP contribution in [0.3, 0.4) is 0 Å². The van der Waals surface area contributed by atoms with Gasteiger partial charge >= 0.3 is 0 Å². The lowest BCUT2D eigenvalue weighted by atomic mass is 10.2. The van der Waals surface area contributed by atoms with Crippen LogP contribution in [0.2, 0.25) is 0 Å². The first-order valence-electron chi connectivity index (χ1n) is 7.44. The van der Waals surface area contributed by atoms with Gasteiger partial charge in [0.2, 0.25) is 10.0 Å². The molecule has 0 aromatic heterocycles. The number of hydrogen-bond donors (Lipinski definition) is 0. The van der Waals surface area contributed by atoms with Crippen LogP contribution in [0, 0.1) is 6.92 Å². The average Bonchev–Trinajstić information content (AvgIpc) is 2.56. The first-order chi connectivity index (χ1) is 10.6. The van der Waals surface area contributed by atoms with Crippen molar-refractivity contribution in [1.29, 1.82) is 0 Å². The second-order valence-electron chi connectivity index (χ2n) is 5.54. The molecule has 0 radical (unpaired) electrons. The summed E-state index contributed by atoms with van der Waals surface area (Å²) in [5.41, 5.74) is 2.11. The molecule has 0 N–H and O–H groups in total. The van der Waals surface area contributed by atoms with E-state index in [0.717, 1.165) is 24.3 Å². The van der Waals surface area contributed by atoms with E-state index in [-0.39, 0.29) is 0 Å². The Morgan fingerprint density at radius 2 is 1.55 bits per heavy atom. The van der Waals surface area contributed by atoms with Gasteiger partial charge in [-0.15, -0.1) is 0 Å². The molecule has 0 aliphatic carbocycles. The van der Waals surface area contributed by atoms with Crippen LogP contribution in [0.25, 0.3) is 0 Å². The molecule has 5 heteroatoms. The first-order valence-corrected chi connectivity index (χ1v) is 8.88. The molecule has 4 nitrogen and oxygen atoms in total. The van der Waals surface area contributed by atoms with E-state index in [9.17, 15) is 8.42 Å². The molecule has 1 aliphatic rings. The molecule has 1 heterocycles. The van der Waals surface area contributed by atoms with Crippen LogP contribution in [-0.4, -0.2) is 38.9 Å². The fraction of sp³-hybridized carbons (Fsp3) is 0.294. The SMILES string of the molecule is Cc1cccc(S(=O)(=O)N2CCN(c3ccccc3)CC2)c1. The number of benzene rings is 2. The Bertz CT molecular complexity index is 736. The second-order valence-corrected chi connectivity index (χ2v) is 7.48. The average molecular weight is 316 g/mol. The Morgan fingerprint density at radius 3 is 2.18 bits per heavy atom. The molecule has 1 saturated heterocycles. The minimum atomic E-state index is -3.38. The predicted molar refractivity (Wildman–Crippen MR) is 88.6 cm³/mol. The van der Waals surface area contributed by atoms with E-state index in [1.807, 2.05) is 31.2 Å². The maximum absolute atomic E-state index is 12.7. The summed E-state index contributed by atoms with van der Waals surface area (Å²) in [6.45, 7) is 4.38. The van der Waals surface area contributed by atoms with Gasteiger partial charge in [0.15, 0.2) is 0 Å². The molecular formula is C17H20N2O2S. The lowest BCUT2D eigenvalue weighted by Crippen LogP contribution is -2.48. The highest BCUT2D eigenvalue weighted by Gasteiger charge is 2.28. The van der Waals surface area contributed by atoms with E-state index in [4.69, 9.17) is 0 Å². The number of aryl methyl sites for hydroxylation is 1. The highest BCUT2D eigenvalue weighted by atomic mass is 32.2. The Kier molecular flexibility index (Phi) is 4.18. The van der Waals surface area contributed by atoms with E-state index in [1.54, 1.807) is 22.5 Å². The molecule has 1 fully saturated rings. The Morgan fingerprint density at radius 1 is 0.864 bits per heavy atom. The van der Waals surface area contributed by atoms with Crippen LogP contribution in [0.4, 0.5) is 5.69 Å². The molecule has 0 atom stereocenters. The number of nitrogens with zero attached hydrogens (tertiary/aromatic N) is 2. The van der Waals surface area contributed by atoms with Crippen molar-refractivity contribution < 1.29 is 8.42 Å². The summed E-state index contributed by atoms with van der Waals surface area (Å²) in [7, 11) is -3.38. The molecule has 116 valence electrons. The summed E-state index contributed by atoms with van der Waals surface area (Å²) in [4.78, 5) is 2.61. The number of anilines is 1. The van der Waals surface area contributed by atoms with Crippen molar-refractivity contribution in [2.45, 2.75) is 11.8 Å². The third-order valence-electron chi connectivity index (χ3n) is 3.99. The fourth-order valence-corrected chi connectivity index (χ4v) is 4.28. The van der Waals surface area contributed by atoms with E-state index in [2.05, 4.69) is 17.0 Å². The molecule has 2 aromatic rings. The first kappa shape index (κ1) is 15.1. The summed E-state index contributed by atoms with van der Waals surface area (Å²) in [6.07, 6.45) is 0. The fourth-order valence-electron chi connectivity index (χ4n) is 2.75. The van der Waals surface area contributed by atoms with Crippen molar-refractivity contribution in [1.82, 2.24) is 4.31 Å². The highest BCUT2D eigenvalue weighted by Crippen LogP contribution is 2.21. The Balaban J connectivity index is 1.73. The molecule has 2 aromatic carbocycles. The molecular weight excluding hydrogens is 296 g/mol. The smallest absolute Gasteiger partial charge is 0.243 e. The Labute approximate surface area is 132 Å². The third-order valence-corrected chi connectivity index (χ3v) is 5.88. The third kappa shape index (κ3) is 3.00. The molecule has 1 aliphatic heterocycles. The van der Waals surface area contributed by atoms with Crippen molar-refractivity contribution >= 4 is 15.7 Å². The molecule has 22 heavy (non-hydrogen) atoms. The van der Waals surface area contributed by atoms with Gasteiger partial charge in [0.25, 0.3) is 0 Å². The van der Waals surface area contributed by atoms with E-state index >= 15 is 0 Å². The molecule has 0 amide bonds. The summed E-state index contributed by atoms with van der Waals surface area (Å²) in [5.74, 6) is 0. The Hall–Kier alpha value is -1.85. The number of sulfonamides is 1. The van der Waals surface area contributed by atoms with Crippen molar-refractivity contribution in [3.63, 3.8) is 0 Å². The number of rotatable bonds is 3.